The van der Waals surface area contributed by atoms with Gasteiger partial charge >= 0.3 is 0 Å². The summed E-state index contributed by atoms with van der Waals surface area (Å²) in [7, 11) is 0. The van der Waals surface area contributed by atoms with E-state index in [0.29, 0.717) is 24.1 Å². The van der Waals surface area contributed by atoms with Crippen LogP contribution in [-0.4, -0.2) is 40.3 Å². The smallest absolute Gasteiger partial charge is 0.292 e. The fourth-order valence-corrected chi connectivity index (χ4v) is 4.11. The molecule has 0 radical (unpaired) electrons. The van der Waals surface area contributed by atoms with Gasteiger partial charge in [-0.1, -0.05) is 19.0 Å². The fraction of sp³-hybridized carbons (Fsp3) is 0.789. The maximum atomic E-state index is 12.8. The Morgan fingerprint density at radius 1 is 1.38 bits per heavy atom. The molecule has 1 amide bonds. The molecule has 3 rings (SSSR count). The third-order valence-electron chi connectivity index (χ3n) is 5.46. The molecule has 1 aromatic heterocycles. The summed E-state index contributed by atoms with van der Waals surface area (Å²) in [6.07, 6.45) is 3.85. The van der Waals surface area contributed by atoms with Gasteiger partial charge in [0.2, 0.25) is 5.76 Å². The van der Waals surface area contributed by atoms with Crippen LogP contribution in [0.4, 0.5) is 0 Å². The Labute approximate surface area is 144 Å². The lowest BCUT2D eigenvalue weighted by Crippen LogP contribution is -2.58. The second kappa shape index (κ2) is 6.17. The summed E-state index contributed by atoms with van der Waals surface area (Å²) in [5.74, 6) is 1.22. The van der Waals surface area contributed by atoms with Crippen LogP contribution in [0.5, 0.6) is 0 Å². The highest BCUT2D eigenvalue weighted by atomic mass is 16.5. The predicted molar refractivity (Wildman–Crippen MR) is 91.9 cm³/mol. The second-order valence-electron chi connectivity index (χ2n) is 8.69. The number of nitrogens with zero attached hydrogens (tertiary/aromatic N) is 2. The van der Waals surface area contributed by atoms with Gasteiger partial charge in [0, 0.05) is 25.1 Å². The number of hydrogen-bond acceptors (Lipinski definition) is 4. The number of carbonyl (C=O) groups is 1. The van der Waals surface area contributed by atoms with Crippen molar-refractivity contribution in [2.24, 2.45) is 11.8 Å². The lowest BCUT2D eigenvalue weighted by Gasteiger charge is -2.53. The number of amides is 1. The Morgan fingerprint density at radius 2 is 2.12 bits per heavy atom. The summed E-state index contributed by atoms with van der Waals surface area (Å²) in [4.78, 5) is 14.7. The standard InChI is InChI=1S/C19H30N2O3/c1-13(2)10-15-11-16(23-20-15)17(22)21-9-8-19(5)14(12-21)6-7-18(3,4)24-19/h11,13-14H,6-10,12H2,1-5H3/t14-,19+/m0/s1. The maximum absolute atomic E-state index is 12.8. The van der Waals surface area contributed by atoms with Crippen LogP contribution < -0.4 is 0 Å². The van der Waals surface area contributed by atoms with Crippen LogP contribution in [-0.2, 0) is 11.2 Å². The summed E-state index contributed by atoms with van der Waals surface area (Å²) in [6.45, 7) is 12.2. The normalized spacial score (nSPS) is 29.6. The first-order valence-electron chi connectivity index (χ1n) is 9.13. The third kappa shape index (κ3) is 3.51. The molecule has 0 saturated carbocycles. The molecule has 0 aliphatic carbocycles. The average Bonchev–Trinajstić information content (AvgIpc) is 2.92. The highest BCUT2D eigenvalue weighted by molar-refractivity contribution is 5.91. The van der Waals surface area contributed by atoms with Crippen molar-refractivity contribution in [1.82, 2.24) is 10.1 Å². The van der Waals surface area contributed by atoms with E-state index in [9.17, 15) is 4.79 Å². The number of piperidine rings is 1. The predicted octanol–water partition coefficient (Wildman–Crippen LogP) is 3.68. The summed E-state index contributed by atoms with van der Waals surface area (Å²) in [5.41, 5.74) is 0.676. The van der Waals surface area contributed by atoms with Crippen LogP contribution >= 0.6 is 0 Å². The third-order valence-corrected chi connectivity index (χ3v) is 5.46. The van der Waals surface area contributed by atoms with E-state index in [1.807, 2.05) is 4.90 Å². The average molecular weight is 334 g/mol. The van der Waals surface area contributed by atoms with Crippen LogP contribution in [0.3, 0.4) is 0 Å². The molecule has 5 nitrogen and oxygen atoms in total. The highest BCUT2D eigenvalue weighted by Crippen LogP contribution is 2.44. The van der Waals surface area contributed by atoms with Gasteiger partial charge in [-0.2, -0.15) is 0 Å². The Balaban J connectivity index is 1.67. The Kier molecular flexibility index (Phi) is 4.49. The first kappa shape index (κ1) is 17.5. The minimum absolute atomic E-state index is 0.0376. The van der Waals surface area contributed by atoms with E-state index in [0.717, 1.165) is 37.9 Å². The van der Waals surface area contributed by atoms with Crippen LogP contribution in [0.25, 0.3) is 0 Å². The minimum atomic E-state index is -0.122. The van der Waals surface area contributed by atoms with Gasteiger partial charge < -0.3 is 14.2 Å². The molecule has 0 bridgehead atoms. The molecule has 1 aromatic rings. The molecule has 24 heavy (non-hydrogen) atoms. The van der Waals surface area contributed by atoms with Crippen molar-refractivity contribution in [2.45, 2.75) is 71.5 Å². The first-order chi connectivity index (χ1) is 11.2. The van der Waals surface area contributed by atoms with Gasteiger partial charge in [0.15, 0.2) is 0 Å². The van der Waals surface area contributed by atoms with Gasteiger partial charge in [0.25, 0.3) is 5.91 Å². The Hall–Kier alpha value is -1.36. The van der Waals surface area contributed by atoms with Crippen LogP contribution in [0.15, 0.2) is 10.6 Å². The second-order valence-corrected chi connectivity index (χ2v) is 8.69. The van der Waals surface area contributed by atoms with Gasteiger partial charge in [0.05, 0.1) is 16.9 Å². The minimum Gasteiger partial charge on any atom is -0.369 e. The van der Waals surface area contributed by atoms with Gasteiger partial charge in [0.1, 0.15) is 0 Å². The lowest BCUT2D eigenvalue weighted by molar-refractivity contribution is -0.210. The lowest BCUT2D eigenvalue weighted by atomic mass is 9.74. The van der Waals surface area contributed by atoms with E-state index in [2.05, 4.69) is 39.8 Å². The zero-order chi connectivity index (χ0) is 17.5. The SMILES string of the molecule is CC(C)Cc1cc(C(=O)N2CC[C@@]3(C)OC(C)(C)CC[C@H]3C2)on1. The molecular weight excluding hydrogens is 304 g/mol. The van der Waals surface area contributed by atoms with Crippen LogP contribution in [0, 0.1) is 11.8 Å². The fourth-order valence-electron chi connectivity index (χ4n) is 4.11. The molecule has 2 atom stereocenters. The number of likely N-dealkylation sites (tertiary alicyclic amines) is 1. The summed E-state index contributed by atoms with van der Waals surface area (Å²) in [6, 6.07) is 1.80. The summed E-state index contributed by atoms with van der Waals surface area (Å²) >= 11 is 0. The van der Waals surface area contributed by atoms with Crippen LogP contribution in [0.1, 0.15) is 70.1 Å². The van der Waals surface area contributed by atoms with Crippen molar-refractivity contribution in [2.75, 3.05) is 13.1 Å². The zero-order valence-electron chi connectivity index (χ0n) is 15.6. The van der Waals surface area contributed by atoms with Crippen molar-refractivity contribution in [3.63, 3.8) is 0 Å². The van der Waals surface area contributed by atoms with E-state index >= 15 is 0 Å². The van der Waals surface area contributed by atoms with Crippen molar-refractivity contribution < 1.29 is 14.1 Å². The number of hydrogen-bond donors (Lipinski definition) is 0. The molecule has 2 saturated heterocycles. The quantitative estimate of drug-likeness (QED) is 0.846. The molecule has 134 valence electrons. The van der Waals surface area contributed by atoms with Crippen molar-refractivity contribution >= 4 is 5.91 Å². The van der Waals surface area contributed by atoms with Crippen molar-refractivity contribution in [3.05, 3.63) is 17.5 Å². The van der Waals surface area contributed by atoms with Gasteiger partial charge in [-0.15, -0.1) is 0 Å². The van der Waals surface area contributed by atoms with E-state index in [4.69, 9.17) is 9.26 Å². The molecular formula is C19H30N2O3. The summed E-state index contributed by atoms with van der Waals surface area (Å²) < 4.78 is 11.7. The van der Waals surface area contributed by atoms with E-state index < -0.39 is 0 Å². The molecule has 2 aliphatic heterocycles. The molecule has 2 fully saturated rings. The topological polar surface area (TPSA) is 55.6 Å². The van der Waals surface area contributed by atoms with Crippen molar-refractivity contribution in [1.29, 1.82) is 0 Å². The number of rotatable bonds is 3. The number of aromatic nitrogens is 1. The molecule has 0 unspecified atom stereocenters. The number of ether oxygens (including phenoxy) is 1. The van der Waals surface area contributed by atoms with Crippen LogP contribution in [0.2, 0.25) is 0 Å². The maximum Gasteiger partial charge on any atom is 0.292 e. The van der Waals surface area contributed by atoms with Gasteiger partial charge in [-0.3, -0.25) is 4.79 Å². The van der Waals surface area contributed by atoms with Crippen molar-refractivity contribution in [3.8, 4) is 0 Å². The monoisotopic (exact) mass is 334 g/mol. The van der Waals surface area contributed by atoms with E-state index in [1.54, 1.807) is 6.07 Å². The summed E-state index contributed by atoms with van der Waals surface area (Å²) in [5, 5.41) is 4.04. The molecule has 0 spiro atoms. The Bertz CT molecular complexity index is 608. The number of fused-ring (bicyclic) bond motifs is 1. The zero-order valence-corrected chi connectivity index (χ0v) is 15.6. The van der Waals surface area contributed by atoms with Gasteiger partial charge in [-0.25, -0.2) is 0 Å². The highest BCUT2D eigenvalue weighted by Gasteiger charge is 2.48. The molecule has 5 heteroatoms. The van der Waals surface area contributed by atoms with Gasteiger partial charge in [-0.05, 0) is 52.4 Å². The van der Waals surface area contributed by atoms with E-state index in [-0.39, 0.29) is 17.1 Å². The first-order valence-corrected chi connectivity index (χ1v) is 9.13. The number of carbonyl (C=O) groups excluding carboxylic acids is 1. The molecule has 3 heterocycles. The Morgan fingerprint density at radius 3 is 2.83 bits per heavy atom. The molecule has 2 aliphatic rings. The molecule has 0 N–H and O–H groups in total. The molecule has 0 aromatic carbocycles. The van der Waals surface area contributed by atoms with E-state index in [1.165, 1.54) is 0 Å². The largest absolute Gasteiger partial charge is 0.369 e.